The van der Waals surface area contributed by atoms with Crippen LogP contribution in [0.3, 0.4) is 0 Å². The summed E-state index contributed by atoms with van der Waals surface area (Å²) in [5.41, 5.74) is 5.90. The van der Waals surface area contributed by atoms with Crippen LogP contribution in [0.15, 0.2) is 4.52 Å². The maximum atomic E-state index is 11.1. The van der Waals surface area contributed by atoms with E-state index in [1.165, 1.54) is 7.11 Å². The van der Waals surface area contributed by atoms with Crippen LogP contribution in [0.4, 0.5) is 5.95 Å². The van der Waals surface area contributed by atoms with Gasteiger partial charge < -0.3 is 25.0 Å². The van der Waals surface area contributed by atoms with Crippen LogP contribution in [0.25, 0.3) is 0 Å². The van der Waals surface area contributed by atoms with Gasteiger partial charge >= 0.3 is 5.97 Å². The van der Waals surface area contributed by atoms with Crippen molar-refractivity contribution in [1.29, 1.82) is 0 Å². The molecule has 1 aliphatic heterocycles. The van der Waals surface area contributed by atoms with Gasteiger partial charge in [0.15, 0.2) is 0 Å². The summed E-state index contributed by atoms with van der Waals surface area (Å²) in [6, 6.07) is -0.480. The molecular weight excluding hydrogens is 264 g/mol. The average molecular weight is 284 g/mol. The summed E-state index contributed by atoms with van der Waals surface area (Å²) in [5.74, 6) is 0.747. The Hall–Kier alpha value is -1.67. The number of anilines is 1. The van der Waals surface area contributed by atoms with Gasteiger partial charge in [0.05, 0.1) is 13.2 Å². The Morgan fingerprint density at radius 3 is 3.15 bits per heavy atom. The summed E-state index contributed by atoms with van der Waals surface area (Å²) >= 11 is 0. The predicted molar refractivity (Wildman–Crippen MR) is 69.9 cm³/mol. The number of carbonyl (C=O) groups excluding carboxylic acids is 1. The van der Waals surface area contributed by atoms with Crippen LogP contribution in [0.1, 0.15) is 31.2 Å². The molecule has 1 fully saturated rings. The molecule has 3 N–H and O–H groups in total. The molecule has 0 aromatic carbocycles. The van der Waals surface area contributed by atoms with Crippen LogP contribution in [0.2, 0.25) is 0 Å². The Morgan fingerprint density at radius 1 is 1.70 bits per heavy atom. The molecule has 8 nitrogen and oxygen atoms in total. The highest BCUT2D eigenvalue weighted by molar-refractivity contribution is 5.69. The lowest BCUT2D eigenvalue weighted by Gasteiger charge is -2.11. The summed E-state index contributed by atoms with van der Waals surface area (Å²) in [6.07, 6.45) is 1.52. The Labute approximate surface area is 116 Å². The van der Waals surface area contributed by atoms with E-state index in [0.717, 1.165) is 13.0 Å². The van der Waals surface area contributed by atoms with Gasteiger partial charge in [-0.2, -0.15) is 4.98 Å². The fraction of sp³-hybridized carbons (Fsp3) is 0.750. The fourth-order valence-electron chi connectivity index (χ4n) is 2.17. The SMILES string of the molecule is COC(=O)CC[C@@H](N)c1nc(N2CCC(CO)C2)no1. The number of aromatic nitrogens is 2. The molecule has 1 aliphatic rings. The van der Waals surface area contributed by atoms with Gasteiger partial charge in [-0.15, -0.1) is 0 Å². The molecule has 0 radical (unpaired) electrons. The lowest BCUT2D eigenvalue weighted by Crippen LogP contribution is -2.22. The second-order valence-corrected chi connectivity index (χ2v) is 4.94. The Kier molecular flexibility index (Phi) is 4.91. The van der Waals surface area contributed by atoms with Gasteiger partial charge in [0.1, 0.15) is 0 Å². The number of nitrogens with zero attached hydrogens (tertiary/aromatic N) is 3. The van der Waals surface area contributed by atoms with Crippen molar-refractivity contribution in [2.45, 2.75) is 25.3 Å². The zero-order chi connectivity index (χ0) is 14.5. The summed E-state index contributed by atoms with van der Waals surface area (Å²) in [4.78, 5) is 17.3. The standard InChI is InChI=1S/C12H20N4O4/c1-19-10(18)3-2-9(13)11-14-12(15-20-11)16-5-4-8(6-16)7-17/h8-9,17H,2-7,13H2,1H3/t8?,9-/m1/s1. The van der Waals surface area contributed by atoms with Crippen LogP contribution >= 0.6 is 0 Å². The number of ether oxygens (including phenoxy) is 1. The van der Waals surface area contributed by atoms with Crippen LogP contribution in [-0.2, 0) is 9.53 Å². The van der Waals surface area contributed by atoms with E-state index in [-0.39, 0.29) is 24.9 Å². The smallest absolute Gasteiger partial charge is 0.305 e. The molecule has 1 aromatic rings. The maximum Gasteiger partial charge on any atom is 0.305 e. The van der Waals surface area contributed by atoms with Crippen molar-refractivity contribution in [3.05, 3.63) is 5.89 Å². The molecule has 2 atom stereocenters. The van der Waals surface area contributed by atoms with Crippen molar-refractivity contribution in [2.75, 3.05) is 31.7 Å². The second-order valence-electron chi connectivity index (χ2n) is 4.94. The highest BCUT2D eigenvalue weighted by atomic mass is 16.5. The lowest BCUT2D eigenvalue weighted by atomic mass is 10.1. The van der Waals surface area contributed by atoms with Gasteiger partial charge in [-0.1, -0.05) is 0 Å². The largest absolute Gasteiger partial charge is 0.469 e. The third-order valence-corrected chi connectivity index (χ3v) is 3.46. The molecule has 2 heterocycles. The van der Waals surface area contributed by atoms with E-state index < -0.39 is 6.04 Å². The van der Waals surface area contributed by atoms with Crippen LogP contribution < -0.4 is 10.6 Å². The molecule has 0 saturated carbocycles. The third kappa shape index (κ3) is 3.45. The second kappa shape index (κ2) is 6.67. The van der Waals surface area contributed by atoms with Crippen molar-refractivity contribution in [3.63, 3.8) is 0 Å². The summed E-state index contributed by atoms with van der Waals surface area (Å²) in [6.45, 7) is 1.67. The van der Waals surface area contributed by atoms with E-state index in [1.807, 2.05) is 4.90 Å². The van der Waals surface area contributed by atoms with Gasteiger partial charge in [0.2, 0.25) is 5.89 Å². The van der Waals surface area contributed by atoms with Gasteiger partial charge in [0.25, 0.3) is 5.95 Å². The van der Waals surface area contributed by atoms with Crippen molar-refractivity contribution in [1.82, 2.24) is 10.1 Å². The molecule has 1 unspecified atom stereocenters. The molecule has 8 heteroatoms. The number of aliphatic hydroxyl groups is 1. The molecule has 2 rings (SSSR count). The highest BCUT2D eigenvalue weighted by Gasteiger charge is 2.26. The Morgan fingerprint density at radius 2 is 2.50 bits per heavy atom. The first-order valence-corrected chi connectivity index (χ1v) is 6.65. The van der Waals surface area contributed by atoms with Crippen LogP contribution in [0.5, 0.6) is 0 Å². The van der Waals surface area contributed by atoms with Crippen molar-refractivity contribution in [3.8, 4) is 0 Å². The van der Waals surface area contributed by atoms with E-state index in [1.54, 1.807) is 0 Å². The minimum Gasteiger partial charge on any atom is -0.469 e. The first kappa shape index (κ1) is 14.7. The van der Waals surface area contributed by atoms with Gasteiger partial charge in [-0.25, -0.2) is 0 Å². The molecule has 0 aliphatic carbocycles. The molecule has 0 spiro atoms. The minimum absolute atomic E-state index is 0.167. The number of hydrogen-bond acceptors (Lipinski definition) is 8. The molecule has 112 valence electrons. The first-order chi connectivity index (χ1) is 9.63. The highest BCUT2D eigenvalue weighted by Crippen LogP contribution is 2.23. The zero-order valence-electron chi connectivity index (χ0n) is 11.5. The molecule has 1 saturated heterocycles. The molecule has 20 heavy (non-hydrogen) atoms. The average Bonchev–Trinajstić information content (AvgIpc) is 3.12. The van der Waals surface area contributed by atoms with Gasteiger partial charge in [0, 0.05) is 32.0 Å². The van der Waals surface area contributed by atoms with Crippen molar-refractivity contribution in [2.24, 2.45) is 11.7 Å². The van der Waals surface area contributed by atoms with E-state index in [0.29, 0.717) is 24.8 Å². The van der Waals surface area contributed by atoms with E-state index >= 15 is 0 Å². The number of esters is 1. The normalized spacial score (nSPS) is 20.1. The topological polar surface area (TPSA) is 115 Å². The minimum atomic E-state index is -0.480. The zero-order valence-corrected chi connectivity index (χ0v) is 11.5. The monoisotopic (exact) mass is 284 g/mol. The van der Waals surface area contributed by atoms with E-state index in [4.69, 9.17) is 15.4 Å². The molecular formula is C12H20N4O4. The summed E-state index contributed by atoms with van der Waals surface area (Å²) in [5, 5.41) is 13.0. The van der Waals surface area contributed by atoms with Crippen molar-refractivity contribution >= 4 is 11.9 Å². The third-order valence-electron chi connectivity index (χ3n) is 3.46. The number of methoxy groups -OCH3 is 1. The molecule has 0 bridgehead atoms. The van der Waals surface area contributed by atoms with E-state index in [2.05, 4.69) is 14.9 Å². The number of nitrogens with two attached hydrogens (primary N) is 1. The van der Waals surface area contributed by atoms with Crippen LogP contribution in [-0.4, -0.2) is 48.0 Å². The lowest BCUT2D eigenvalue weighted by molar-refractivity contribution is -0.140. The molecule has 0 amide bonds. The Bertz CT molecular complexity index is 450. The van der Waals surface area contributed by atoms with E-state index in [9.17, 15) is 4.79 Å². The first-order valence-electron chi connectivity index (χ1n) is 6.65. The quantitative estimate of drug-likeness (QED) is 0.692. The maximum absolute atomic E-state index is 11.1. The number of rotatable bonds is 6. The van der Waals surface area contributed by atoms with Crippen LogP contribution in [0, 0.1) is 5.92 Å². The molecule has 1 aromatic heterocycles. The van der Waals surface area contributed by atoms with Crippen molar-refractivity contribution < 1.29 is 19.2 Å². The fourth-order valence-corrected chi connectivity index (χ4v) is 2.17. The van der Waals surface area contributed by atoms with Gasteiger partial charge in [-0.05, 0) is 18.0 Å². The predicted octanol–water partition coefficient (Wildman–Crippen LogP) is -0.159. The number of aliphatic hydroxyl groups excluding tert-OH is 1. The van der Waals surface area contributed by atoms with Gasteiger partial charge in [-0.3, -0.25) is 4.79 Å². The Balaban J connectivity index is 1.90. The summed E-state index contributed by atoms with van der Waals surface area (Å²) < 4.78 is 9.69. The summed E-state index contributed by atoms with van der Waals surface area (Å²) in [7, 11) is 1.34. The number of hydrogen-bond donors (Lipinski definition) is 2. The number of carbonyl (C=O) groups is 1.